The highest BCUT2D eigenvalue weighted by Crippen LogP contribution is 2.24. The first-order valence-corrected chi connectivity index (χ1v) is 5.99. The van der Waals surface area contributed by atoms with Crippen molar-refractivity contribution in [3.05, 3.63) is 30.1 Å². The molecule has 2 heteroatoms. The third-order valence-electron chi connectivity index (χ3n) is 3.39. The van der Waals surface area contributed by atoms with Gasteiger partial charge in [0.25, 0.3) is 0 Å². The van der Waals surface area contributed by atoms with Gasteiger partial charge in [0.1, 0.15) is 0 Å². The minimum atomic E-state index is 0.452. The molecule has 1 aromatic heterocycles. The maximum atomic E-state index is 4.04. The van der Waals surface area contributed by atoms with Crippen LogP contribution in [-0.2, 0) is 0 Å². The minimum Gasteiger partial charge on any atom is -0.310 e. The van der Waals surface area contributed by atoms with Gasteiger partial charge in [-0.25, -0.2) is 0 Å². The Morgan fingerprint density at radius 2 is 2.00 bits per heavy atom. The van der Waals surface area contributed by atoms with E-state index in [0.717, 1.165) is 5.92 Å². The van der Waals surface area contributed by atoms with E-state index in [9.17, 15) is 0 Å². The molecule has 1 fully saturated rings. The Morgan fingerprint density at radius 1 is 1.33 bits per heavy atom. The van der Waals surface area contributed by atoms with Crippen molar-refractivity contribution in [1.29, 1.82) is 0 Å². The summed E-state index contributed by atoms with van der Waals surface area (Å²) in [6.07, 6.45) is 9.41. The normalized spacial score (nSPS) is 19.3. The largest absolute Gasteiger partial charge is 0.310 e. The van der Waals surface area contributed by atoms with Crippen LogP contribution in [0, 0.1) is 5.92 Å². The first-order valence-electron chi connectivity index (χ1n) is 5.99. The number of nitrogens with one attached hydrogen (secondary N) is 1. The van der Waals surface area contributed by atoms with Gasteiger partial charge in [-0.1, -0.05) is 12.8 Å². The standard InChI is InChI=1S/C13H20N2/c1-11(13-6-8-14-9-7-13)15-10-12-4-2-3-5-12/h6-9,11-12,15H,2-5,10H2,1H3/t11-/m0/s1. The van der Waals surface area contributed by atoms with Gasteiger partial charge in [-0.2, -0.15) is 0 Å². The van der Waals surface area contributed by atoms with E-state index in [1.807, 2.05) is 12.4 Å². The monoisotopic (exact) mass is 204 g/mol. The van der Waals surface area contributed by atoms with Crippen LogP contribution in [0.2, 0.25) is 0 Å². The predicted octanol–water partition coefficient (Wildman–Crippen LogP) is 2.92. The van der Waals surface area contributed by atoms with Gasteiger partial charge in [-0.05, 0) is 49.9 Å². The molecule has 0 aromatic carbocycles. The number of pyridine rings is 1. The van der Waals surface area contributed by atoms with Crippen molar-refractivity contribution >= 4 is 0 Å². The van der Waals surface area contributed by atoms with Crippen molar-refractivity contribution in [3.8, 4) is 0 Å². The van der Waals surface area contributed by atoms with Crippen LogP contribution in [0.15, 0.2) is 24.5 Å². The van der Waals surface area contributed by atoms with Crippen molar-refractivity contribution in [3.63, 3.8) is 0 Å². The molecule has 0 saturated heterocycles. The molecule has 2 nitrogen and oxygen atoms in total. The number of aromatic nitrogens is 1. The summed E-state index contributed by atoms with van der Waals surface area (Å²) in [6, 6.07) is 4.63. The van der Waals surface area contributed by atoms with Crippen LogP contribution in [0.3, 0.4) is 0 Å². The van der Waals surface area contributed by atoms with Crippen LogP contribution < -0.4 is 5.32 Å². The molecule has 2 rings (SSSR count). The Hall–Kier alpha value is -0.890. The van der Waals surface area contributed by atoms with Gasteiger partial charge in [0, 0.05) is 18.4 Å². The van der Waals surface area contributed by atoms with Gasteiger partial charge >= 0.3 is 0 Å². The molecule has 82 valence electrons. The maximum Gasteiger partial charge on any atom is 0.0293 e. The van der Waals surface area contributed by atoms with Crippen LogP contribution in [0.1, 0.15) is 44.2 Å². The first kappa shape index (κ1) is 10.6. The van der Waals surface area contributed by atoms with Gasteiger partial charge in [-0.15, -0.1) is 0 Å². The third kappa shape index (κ3) is 3.03. The molecule has 1 saturated carbocycles. The third-order valence-corrected chi connectivity index (χ3v) is 3.39. The topological polar surface area (TPSA) is 24.9 Å². The Labute approximate surface area is 92.1 Å². The maximum absolute atomic E-state index is 4.04. The molecule has 1 aliphatic rings. The Morgan fingerprint density at radius 3 is 2.67 bits per heavy atom. The van der Waals surface area contributed by atoms with Crippen molar-refractivity contribution in [2.24, 2.45) is 5.92 Å². The van der Waals surface area contributed by atoms with E-state index >= 15 is 0 Å². The average Bonchev–Trinajstić information content (AvgIpc) is 2.80. The van der Waals surface area contributed by atoms with Gasteiger partial charge in [0.2, 0.25) is 0 Å². The number of hydrogen-bond acceptors (Lipinski definition) is 2. The fourth-order valence-corrected chi connectivity index (χ4v) is 2.33. The van der Waals surface area contributed by atoms with E-state index in [4.69, 9.17) is 0 Å². The van der Waals surface area contributed by atoms with E-state index < -0.39 is 0 Å². The van der Waals surface area contributed by atoms with Crippen molar-refractivity contribution in [2.45, 2.75) is 38.6 Å². The fourth-order valence-electron chi connectivity index (χ4n) is 2.33. The van der Waals surface area contributed by atoms with E-state index in [1.54, 1.807) is 0 Å². The van der Waals surface area contributed by atoms with E-state index in [0.29, 0.717) is 6.04 Å². The summed E-state index contributed by atoms with van der Waals surface area (Å²) in [6.45, 7) is 3.40. The molecule has 15 heavy (non-hydrogen) atoms. The molecule has 0 spiro atoms. The van der Waals surface area contributed by atoms with E-state index in [-0.39, 0.29) is 0 Å². The SMILES string of the molecule is C[C@H](NCC1CCCC1)c1ccncc1. The average molecular weight is 204 g/mol. The van der Waals surface area contributed by atoms with Crippen LogP contribution >= 0.6 is 0 Å². The summed E-state index contributed by atoms with van der Waals surface area (Å²) in [7, 11) is 0. The second-order valence-corrected chi connectivity index (χ2v) is 4.56. The van der Waals surface area contributed by atoms with Gasteiger partial charge < -0.3 is 5.32 Å². The molecule has 1 aliphatic carbocycles. The Bertz CT molecular complexity index is 278. The summed E-state index contributed by atoms with van der Waals surface area (Å²) < 4.78 is 0. The van der Waals surface area contributed by atoms with Crippen molar-refractivity contribution in [2.75, 3.05) is 6.54 Å². The molecule has 1 aromatic rings. The lowest BCUT2D eigenvalue weighted by atomic mass is 10.1. The number of nitrogens with zero attached hydrogens (tertiary/aromatic N) is 1. The van der Waals surface area contributed by atoms with Crippen molar-refractivity contribution in [1.82, 2.24) is 10.3 Å². The predicted molar refractivity (Wildman–Crippen MR) is 62.6 cm³/mol. The zero-order chi connectivity index (χ0) is 10.5. The zero-order valence-corrected chi connectivity index (χ0v) is 9.45. The highest BCUT2D eigenvalue weighted by Gasteiger charge is 2.15. The smallest absolute Gasteiger partial charge is 0.0293 e. The highest BCUT2D eigenvalue weighted by molar-refractivity contribution is 5.13. The number of rotatable bonds is 4. The molecule has 0 amide bonds. The molecule has 0 aliphatic heterocycles. The summed E-state index contributed by atoms with van der Waals surface area (Å²) in [5, 5.41) is 3.61. The summed E-state index contributed by atoms with van der Waals surface area (Å²) in [4.78, 5) is 4.04. The van der Waals surface area contributed by atoms with E-state index in [1.165, 1.54) is 37.8 Å². The van der Waals surface area contributed by atoms with Crippen LogP contribution in [0.25, 0.3) is 0 Å². The zero-order valence-electron chi connectivity index (χ0n) is 9.45. The van der Waals surface area contributed by atoms with Gasteiger partial charge in [0.15, 0.2) is 0 Å². The lowest BCUT2D eigenvalue weighted by molar-refractivity contribution is 0.452. The minimum absolute atomic E-state index is 0.452. The molecular formula is C13H20N2. The lowest BCUT2D eigenvalue weighted by Crippen LogP contribution is -2.24. The van der Waals surface area contributed by atoms with Crippen molar-refractivity contribution < 1.29 is 0 Å². The molecule has 1 N–H and O–H groups in total. The Kier molecular flexibility index (Phi) is 3.73. The second kappa shape index (κ2) is 5.26. The van der Waals surface area contributed by atoms with E-state index in [2.05, 4.69) is 29.4 Å². The molecule has 0 radical (unpaired) electrons. The van der Waals surface area contributed by atoms with Crippen LogP contribution in [-0.4, -0.2) is 11.5 Å². The summed E-state index contributed by atoms with van der Waals surface area (Å²) >= 11 is 0. The Balaban J connectivity index is 1.79. The molecule has 1 heterocycles. The molecule has 0 unspecified atom stereocenters. The number of hydrogen-bond donors (Lipinski definition) is 1. The quantitative estimate of drug-likeness (QED) is 0.815. The molecular weight excluding hydrogens is 184 g/mol. The molecule has 0 bridgehead atoms. The van der Waals surface area contributed by atoms with Crippen LogP contribution in [0.4, 0.5) is 0 Å². The van der Waals surface area contributed by atoms with Gasteiger partial charge in [0.05, 0.1) is 0 Å². The second-order valence-electron chi connectivity index (χ2n) is 4.56. The highest BCUT2D eigenvalue weighted by atomic mass is 14.9. The molecule has 1 atom stereocenters. The lowest BCUT2D eigenvalue weighted by Gasteiger charge is -2.17. The first-order chi connectivity index (χ1) is 7.36. The summed E-state index contributed by atoms with van der Waals surface area (Å²) in [5.74, 6) is 0.911. The fraction of sp³-hybridized carbons (Fsp3) is 0.615. The van der Waals surface area contributed by atoms with Crippen LogP contribution in [0.5, 0.6) is 0 Å². The van der Waals surface area contributed by atoms with Gasteiger partial charge in [-0.3, -0.25) is 4.98 Å². The summed E-state index contributed by atoms with van der Waals surface area (Å²) in [5.41, 5.74) is 1.34.